The number of hydrogen-bond acceptors (Lipinski definition) is 7. The molecular weight excluding hydrogens is 793 g/mol. The molecule has 57 heavy (non-hydrogen) atoms. The minimum atomic E-state index is -0.333. The van der Waals surface area contributed by atoms with Crippen LogP contribution in [0.3, 0.4) is 0 Å². The van der Waals surface area contributed by atoms with E-state index in [4.69, 9.17) is 0 Å². The smallest absolute Gasteiger partial charge is 0.186 e. The molecule has 2 aliphatic rings. The van der Waals surface area contributed by atoms with Gasteiger partial charge in [0.05, 0.1) is 0 Å². The molecule has 7 rings (SSSR count). The van der Waals surface area contributed by atoms with Gasteiger partial charge in [-0.2, -0.15) is 0 Å². The number of hydrogen-bond donors (Lipinski definition) is 0. The van der Waals surface area contributed by atoms with Crippen molar-refractivity contribution in [2.24, 2.45) is 21.7 Å². The second kappa shape index (κ2) is 15.1. The first-order valence-corrected chi connectivity index (χ1v) is 23.7. The number of carbonyl (C=O) groups excluding carboxylic acids is 2. The van der Waals surface area contributed by atoms with Crippen molar-refractivity contribution < 1.29 is 9.59 Å². The molecule has 7 heteroatoms. The molecule has 0 saturated carbocycles. The van der Waals surface area contributed by atoms with Gasteiger partial charge in [0.25, 0.3) is 0 Å². The molecule has 0 amide bonds. The molecule has 294 valence electrons. The summed E-state index contributed by atoms with van der Waals surface area (Å²) in [4.78, 5) is 37.9. The predicted molar refractivity (Wildman–Crippen MR) is 252 cm³/mol. The summed E-state index contributed by atoms with van der Waals surface area (Å²) in [5.41, 5.74) is 6.42. The van der Waals surface area contributed by atoms with E-state index >= 15 is 0 Å². The maximum Gasteiger partial charge on any atom is 0.186 e. The quantitative estimate of drug-likeness (QED) is 0.171. The summed E-state index contributed by atoms with van der Waals surface area (Å²) < 4.78 is 0. The van der Waals surface area contributed by atoms with E-state index in [2.05, 4.69) is 179 Å². The number of Topliss-reactive ketones (excluding diaryl/α,β-unsaturated/α-hetero) is 2. The lowest BCUT2D eigenvalue weighted by atomic mass is 9.71. The number of allylic oxidation sites excluding steroid dienone is 10. The van der Waals surface area contributed by atoms with Gasteiger partial charge < -0.3 is 0 Å². The van der Waals surface area contributed by atoms with E-state index in [1.54, 1.807) is 56.7 Å². The molecule has 0 spiro atoms. The van der Waals surface area contributed by atoms with Gasteiger partial charge in [-0.05, 0) is 116 Å². The molecule has 2 nitrogen and oxygen atoms in total. The normalized spacial score (nSPS) is 15.8. The molecule has 0 N–H and O–H groups in total. The zero-order chi connectivity index (χ0) is 41.2. The van der Waals surface area contributed by atoms with Crippen molar-refractivity contribution in [3.05, 3.63) is 149 Å². The maximum absolute atomic E-state index is 14.2. The summed E-state index contributed by atoms with van der Waals surface area (Å²) in [6.45, 7) is 25.7. The maximum atomic E-state index is 14.2. The highest BCUT2D eigenvalue weighted by atomic mass is 32.1. The molecule has 0 fully saturated rings. The average molecular weight is 845 g/mol. The number of thiophene rings is 5. The third-order valence-electron chi connectivity index (χ3n) is 10.3. The van der Waals surface area contributed by atoms with E-state index < -0.39 is 0 Å². The summed E-state index contributed by atoms with van der Waals surface area (Å²) in [6.07, 6.45) is 8.64. The fourth-order valence-electron chi connectivity index (χ4n) is 7.24. The van der Waals surface area contributed by atoms with Gasteiger partial charge >= 0.3 is 0 Å². The van der Waals surface area contributed by atoms with Crippen LogP contribution in [0.1, 0.15) is 103 Å². The highest BCUT2D eigenvalue weighted by Crippen LogP contribution is 2.49. The number of carbonyl (C=O) groups is 2. The lowest BCUT2D eigenvalue weighted by Crippen LogP contribution is -2.28. The first-order chi connectivity index (χ1) is 26.6. The van der Waals surface area contributed by atoms with Crippen molar-refractivity contribution in [1.82, 2.24) is 0 Å². The molecule has 5 aromatic heterocycles. The largest absolute Gasteiger partial charge is 0.289 e. The summed E-state index contributed by atoms with van der Waals surface area (Å²) in [5.74, 6) is 0.271. The van der Waals surface area contributed by atoms with Gasteiger partial charge in [0.15, 0.2) is 11.6 Å². The van der Waals surface area contributed by atoms with Crippen LogP contribution in [0.2, 0.25) is 0 Å². The van der Waals surface area contributed by atoms with Crippen molar-refractivity contribution in [2.45, 2.75) is 83.1 Å². The van der Waals surface area contributed by atoms with E-state index in [1.165, 1.54) is 29.3 Å². The van der Waals surface area contributed by atoms with Gasteiger partial charge in [0, 0.05) is 72.5 Å². The summed E-state index contributed by atoms with van der Waals surface area (Å²) >= 11 is 8.92. The molecule has 0 radical (unpaired) electrons. The Morgan fingerprint density at radius 1 is 0.386 bits per heavy atom. The fraction of sp³-hybridized carbons (Fsp3) is 0.320. The van der Waals surface area contributed by atoms with Gasteiger partial charge in [0.1, 0.15) is 0 Å². The summed E-state index contributed by atoms with van der Waals surface area (Å²) in [5, 5.41) is 4.26. The topological polar surface area (TPSA) is 34.1 Å². The Balaban J connectivity index is 1.52. The molecule has 0 atom stereocenters. The van der Waals surface area contributed by atoms with Crippen molar-refractivity contribution in [1.29, 1.82) is 0 Å². The Bertz CT molecular complexity index is 2300. The van der Waals surface area contributed by atoms with Crippen molar-refractivity contribution in [3.8, 4) is 19.5 Å². The Hall–Kier alpha value is -3.72. The van der Waals surface area contributed by atoms with Gasteiger partial charge in [-0.1, -0.05) is 95.2 Å². The molecule has 0 unspecified atom stereocenters. The van der Waals surface area contributed by atoms with Crippen LogP contribution in [0.5, 0.6) is 0 Å². The zero-order valence-electron chi connectivity index (χ0n) is 35.1. The minimum Gasteiger partial charge on any atom is -0.289 e. The van der Waals surface area contributed by atoms with Gasteiger partial charge in [-0.15, -0.1) is 56.7 Å². The number of ketones is 2. The van der Waals surface area contributed by atoms with E-state index in [1.807, 2.05) is 0 Å². The third-order valence-corrected chi connectivity index (χ3v) is 15.8. The molecule has 5 aromatic rings. The van der Waals surface area contributed by atoms with Crippen molar-refractivity contribution in [3.63, 3.8) is 0 Å². The fourth-order valence-corrected chi connectivity index (χ4v) is 12.4. The average Bonchev–Trinajstić information content (AvgIpc) is 3.95. The number of rotatable bonds is 6. The van der Waals surface area contributed by atoms with Crippen LogP contribution in [0.15, 0.2) is 129 Å². The minimum absolute atomic E-state index is 0.136. The van der Waals surface area contributed by atoms with Crippen LogP contribution in [0.25, 0.3) is 30.7 Å². The third kappa shape index (κ3) is 8.42. The van der Waals surface area contributed by atoms with E-state index in [0.29, 0.717) is 0 Å². The first-order valence-electron chi connectivity index (χ1n) is 19.5. The highest BCUT2D eigenvalue weighted by molar-refractivity contribution is 7.23. The highest BCUT2D eigenvalue weighted by Gasteiger charge is 2.37. The van der Waals surface area contributed by atoms with Crippen LogP contribution in [-0.4, -0.2) is 11.6 Å². The molecular formula is C50H52O2S5. The molecule has 0 bridgehead atoms. The van der Waals surface area contributed by atoms with Gasteiger partial charge in [-0.25, -0.2) is 0 Å². The van der Waals surface area contributed by atoms with Gasteiger partial charge in [-0.3, -0.25) is 9.59 Å². The van der Waals surface area contributed by atoms with Crippen molar-refractivity contribution >= 4 is 79.4 Å². The van der Waals surface area contributed by atoms with Crippen LogP contribution < -0.4 is 0 Å². The lowest BCUT2D eigenvalue weighted by Gasteiger charge is -2.32. The standard InChI is InChI=1S/C50H52O2S5/c1-47(2,3)31-25-29(26-32(45(31)51)48(4,5)6)43(39-19-17-37(55-39)35-15-13-23-53-35)41-21-22-42(57-41)44(40-20-18-38(56-40)36-16-14-24-54-36)30-27-33(49(7,8)9)46(52)34(28-30)50(10,11)12/h13-28H,1-12H3. The molecule has 0 aromatic carbocycles. The molecule has 0 aliphatic heterocycles. The summed E-state index contributed by atoms with van der Waals surface area (Å²) in [6, 6.07) is 22.1. The Morgan fingerprint density at radius 2 is 0.684 bits per heavy atom. The van der Waals surface area contributed by atoms with Crippen molar-refractivity contribution in [2.75, 3.05) is 0 Å². The van der Waals surface area contributed by atoms with Crippen LogP contribution in [-0.2, 0) is 9.59 Å². The molecule has 2 aliphatic carbocycles. The van der Waals surface area contributed by atoms with E-state index in [9.17, 15) is 9.59 Å². The Morgan fingerprint density at radius 3 is 0.965 bits per heavy atom. The first kappa shape index (κ1) is 41.4. The lowest BCUT2D eigenvalue weighted by molar-refractivity contribution is -0.114. The van der Waals surface area contributed by atoms with E-state index in [-0.39, 0.29) is 33.2 Å². The molecule has 5 heterocycles. The monoisotopic (exact) mass is 844 g/mol. The Labute approximate surface area is 359 Å². The van der Waals surface area contributed by atoms with Crippen LogP contribution in [0.4, 0.5) is 0 Å². The zero-order valence-corrected chi connectivity index (χ0v) is 39.2. The Kier molecular flexibility index (Phi) is 11.0. The SMILES string of the molecule is CC(C)(C)C1=CC(=C(c2ccc(C(=C3C=C(C(C)(C)C)C(=O)C(C(C)(C)C)=C3)c3ccc(-c4cccs4)s3)s2)c2ccc(-c3cccs3)s2)C=C(C(C)(C)C)C1=O. The second-order valence-corrected chi connectivity index (χ2v) is 24.1. The van der Waals surface area contributed by atoms with E-state index in [0.717, 1.165) is 54.3 Å². The van der Waals surface area contributed by atoms with Crippen LogP contribution in [0, 0.1) is 21.7 Å². The molecule has 0 saturated heterocycles. The van der Waals surface area contributed by atoms with Crippen LogP contribution >= 0.6 is 56.7 Å². The summed E-state index contributed by atoms with van der Waals surface area (Å²) in [7, 11) is 0. The van der Waals surface area contributed by atoms with Gasteiger partial charge in [0.2, 0.25) is 0 Å². The second-order valence-electron chi connectivity index (χ2n) is 19.0. The predicted octanol–water partition coefficient (Wildman–Crippen LogP) is 16.0.